The maximum absolute atomic E-state index is 12.3. The highest BCUT2D eigenvalue weighted by atomic mass is 16.5. The van der Waals surface area contributed by atoms with Crippen LogP contribution in [-0.2, 0) is 14.3 Å². The SMILES string of the molecule is CCOCCOc1cccc(NCC(=O)Nc2cccc(C(=O)NCCCOC)c2)c1. The van der Waals surface area contributed by atoms with Crippen molar-refractivity contribution in [3.05, 3.63) is 54.1 Å². The predicted molar refractivity (Wildman–Crippen MR) is 121 cm³/mol. The average molecular weight is 430 g/mol. The monoisotopic (exact) mass is 429 g/mol. The first-order chi connectivity index (χ1) is 15.1. The van der Waals surface area contributed by atoms with E-state index in [1.54, 1.807) is 31.4 Å². The first kappa shape index (κ1) is 24.2. The molecule has 2 aromatic rings. The van der Waals surface area contributed by atoms with Gasteiger partial charge in [0.2, 0.25) is 5.91 Å². The fourth-order valence-electron chi connectivity index (χ4n) is 2.70. The summed E-state index contributed by atoms with van der Waals surface area (Å²) in [7, 11) is 1.62. The topological polar surface area (TPSA) is 97.9 Å². The third-order valence-corrected chi connectivity index (χ3v) is 4.21. The highest BCUT2D eigenvalue weighted by Gasteiger charge is 2.08. The van der Waals surface area contributed by atoms with Crippen molar-refractivity contribution < 1.29 is 23.8 Å². The zero-order valence-corrected chi connectivity index (χ0v) is 18.1. The van der Waals surface area contributed by atoms with Crippen LogP contribution in [0.2, 0.25) is 0 Å². The number of rotatable bonds is 14. The van der Waals surface area contributed by atoms with Gasteiger partial charge in [-0.1, -0.05) is 12.1 Å². The quantitative estimate of drug-likeness (QED) is 0.400. The van der Waals surface area contributed by atoms with Gasteiger partial charge < -0.3 is 30.2 Å². The lowest BCUT2D eigenvalue weighted by Gasteiger charge is -2.11. The number of nitrogens with one attached hydrogen (secondary N) is 3. The Morgan fingerprint density at radius 3 is 2.58 bits per heavy atom. The van der Waals surface area contributed by atoms with Crippen LogP contribution in [0.4, 0.5) is 11.4 Å². The van der Waals surface area contributed by atoms with Gasteiger partial charge in [-0.05, 0) is 43.7 Å². The van der Waals surface area contributed by atoms with Gasteiger partial charge in [-0.3, -0.25) is 9.59 Å². The Balaban J connectivity index is 1.80. The van der Waals surface area contributed by atoms with Gasteiger partial charge in [0.05, 0.1) is 13.2 Å². The number of hydrogen-bond donors (Lipinski definition) is 3. The highest BCUT2D eigenvalue weighted by molar-refractivity contribution is 5.98. The second-order valence-electron chi connectivity index (χ2n) is 6.66. The molecule has 0 aliphatic heterocycles. The normalized spacial score (nSPS) is 10.4. The summed E-state index contributed by atoms with van der Waals surface area (Å²) in [6.45, 7) is 4.78. The Labute approximate surface area is 183 Å². The third kappa shape index (κ3) is 9.50. The van der Waals surface area contributed by atoms with Crippen molar-refractivity contribution in [2.45, 2.75) is 13.3 Å². The molecule has 2 rings (SSSR count). The molecule has 3 N–H and O–H groups in total. The van der Waals surface area contributed by atoms with Gasteiger partial charge in [0.1, 0.15) is 12.4 Å². The van der Waals surface area contributed by atoms with E-state index < -0.39 is 0 Å². The molecule has 0 spiro atoms. The maximum atomic E-state index is 12.3. The largest absolute Gasteiger partial charge is 0.491 e. The lowest BCUT2D eigenvalue weighted by Crippen LogP contribution is -2.25. The fourth-order valence-corrected chi connectivity index (χ4v) is 2.70. The number of methoxy groups -OCH3 is 1. The van der Waals surface area contributed by atoms with Crippen LogP contribution in [0.5, 0.6) is 5.75 Å². The zero-order valence-electron chi connectivity index (χ0n) is 18.1. The third-order valence-electron chi connectivity index (χ3n) is 4.21. The van der Waals surface area contributed by atoms with Crippen LogP contribution in [0.25, 0.3) is 0 Å². The van der Waals surface area contributed by atoms with Gasteiger partial charge in [-0.2, -0.15) is 0 Å². The van der Waals surface area contributed by atoms with E-state index >= 15 is 0 Å². The van der Waals surface area contributed by atoms with Crippen LogP contribution in [0.3, 0.4) is 0 Å². The number of carbonyl (C=O) groups excluding carboxylic acids is 2. The van der Waals surface area contributed by atoms with Crippen molar-refractivity contribution in [1.29, 1.82) is 0 Å². The number of ether oxygens (including phenoxy) is 3. The molecule has 168 valence electrons. The maximum Gasteiger partial charge on any atom is 0.251 e. The molecule has 0 aromatic heterocycles. The van der Waals surface area contributed by atoms with Crippen LogP contribution in [0.15, 0.2) is 48.5 Å². The molecular weight excluding hydrogens is 398 g/mol. The van der Waals surface area contributed by atoms with Crippen LogP contribution in [-0.4, -0.2) is 58.4 Å². The average Bonchev–Trinajstić information content (AvgIpc) is 2.78. The second kappa shape index (κ2) is 14.0. The molecule has 2 aromatic carbocycles. The van der Waals surface area contributed by atoms with Crippen LogP contribution >= 0.6 is 0 Å². The minimum absolute atomic E-state index is 0.0792. The molecular formula is C23H31N3O5. The summed E-state index contributed by atoms with van der Waals surface area (Å²) in [4.78, 5) is 24.5. The number of amides is 2. The van der Waals surface area contributed by atoms with E-state index in [1.807, 2.05) is 31.2 Å². The van der Waals surface area contributed by atoms with Crippen molar-refractivity contribution in [3.8, 4) is 5.75 Å². The van der Waals surface area contributed by atoms with E-state index in [9.17, 15) is 9.59 Å². The van der Waals surface area contributed by atoms with E-state index in [4.69, 9.17) is 14.2 Å². The molecule has 8 nitrogen and oxygen atoms in total. The summed E-state index contributed by atoms with van der Waals surface area (Å²) in [6, 6.07) is 14.2. The molecule has 0 fully saturated rings. The fraction of sp³-hybridized carbons (Fsp3) is 0.391. The van der Waals surface area contributed by atoms with Gasteiger partial charge in [0, 0.05) is 49.9 Å². The molecule has 0 saturated carbocycles. The number of hydrogen-bond acceptors (Lipinski definition) is 6. The Morgan fingerprint density at radius 2 is 1.77 bits per heavy atom. The van der Waals surface area contributed by atoms with Gasteiger partial charge in [0.25, 0.3) is 5.91 Å². The van der Waals surface area contributed by atoms with E-state index in [-0.39, 0.29) is 18.4 Å². The summed E-state index contributed by atoms with van der Waals surface area (Å²) < 4.78 is 15.8. The minimum Gasteiger partial charge on any atom is -0.491 e. The first-order valence-electron chi connectivity index (χ1n) is 10.3. The summed E-state index contributed by atoms with van der Waals surface area (Å²) >= 11 is 0. The molecule has 0 heterocycles. The van der Waals surface area contributed by atoms with Gasteiger partial charge >= 0.3 is 0 Å². The van der Waals surface area contributed by atoms with E-state index in [1.165, 1.54) is 0 Å². The molecule has 8 heteroatoms. The smallest absolute Gasteiger partial charge is 0.251 e. The van der Waals surface area contributed by atoms with Crippen LogP contribution in [0.1, 0.15) is 23.7 Å². The molecule has 31 heavy (non-hydrogen) atoms. The zero-order chi connectivity index (χ0) is 22.3. The number of anilines is 2. The summed E-state index contributed by atoms with van der Waals surface area (Å²) in [5.41, 5.74) is 1.82. The van der Waals surface area contributed by atoms with E-state index in [0.29, 0.717) is 50.0 Å². The van der Waals surface area contributed by atoms with Crippen LogP contribution < -0.4 is 20.7 Å². The van der Waals surface area contributed by atoms with E-state index in [2.05, 4.69) is 16.0 Å². The first-order valence-corrected chi connectivity index (χ1v) is 10.3. The second-order valence-corrected chi connectivity index (χ2v) is 6.66. The number of carbonyl (C=O) groups is 2. The summed E-state index contributed by atoms with van der Waals surface area (Å²) in [5, 5.41) is 8.69. The lowest BCUT2D eigenvalue weighted by molar-refractivity contribution is -0.114. The Kier molecular flexibility index (Phi) is 10.9. The molecule has 2 amide bonds. The molecule has 0 atom stereocenters. The standard InChI is InChI=1S/C23H31N3O5/c1-3-30-13-14-31-21-10-5-8-19(16-21)25-17-22(27)26-20-9-4-7-18(15-20)23(28)24-11-6-12-29-2/h4-5,7-10,15-16,25H,3,6,11-14,17H2,1-2H3,(H,24,28)(H,26,27). The molecule has 0 unspecified atom stereocenters. The van der Waals surface area contributed by atoms with Gasteiger partial charge in [-0.25, -0.2) is 0 Å². The van der Waals surface area contributed by atoms with Crippen molar-refractivity contribution in [3.63, 3.8) is 0 Å². The molecule has 0 radical (unpaired) electrons. The Morgan fingerprint density at radius 1 is 0.968 bits per heavy atom. The van der Waals surface area contributed by atoms with Crippen molar-refractivity contribution in [1.82, 2.24) is 5.32 Å². The van der Waals surface area contributed by atoms with E-state index in [0.717, 1.165) is 12.1 Å². The molecule has 0 aliphatic carbocycles. The Bertz CT molecular complexity index is 828. The highest BCUT2D eigenvalue weighted by Crippen LogP contribution is 2.17. The molecule has 0 aliphatic rings. The van der Waals surface area contributed by atoms with Gasteiger partial charge in [0.15, 0.2) is 0 Å². The van der Waals surface area contributed by atoms with Crippen molar-refractivity contribution >= 4 is 23.2 Å². The van der Waals surface area contributed by atoms with Crippen LogP contribution in [0, 0.1) is 0 Å². The lowest BCUT2D eigenvalue weighted by atomic mass is 10.2. The van der Waals surface area contributed by atoms with Crippen molar-refractivity contribution in [2.24, 2.45) is 0 Å². The van der Waals surface area contributed by atoms with Crippen molar-refractivity contribution in [2.75, 3.05) is 57.3 Å². The summed E-state index contributed by atoms with van der Waals surface area (Å²) in [6.07, 6.45) is 0.739. The molecule has 0 saturated heterocycles. The predicted octanol–water partition coefficient (Wildman–Crippen LogP) is 2.92. The minimum atomic E-state index is -0.222. The summed E-state index contributed by atoms with van der Waals surface area (Å²) in [5.74, 6) is 0.293. The Hall–Kier alpha value is -3.10. The number of benzene rings is 2. The molecule has 0 bridgehead atoms. The van der Waals surface area contributed by atoms with Gasteiger partial charge in [-0.15, -0.1) is 0 Å².